The Hall–Kier alpha value is -3.09. The van der Waals surface area contributed by atoms with Crippen LogP contribution in [0, 0.1) is 0 Å². The standard InChI is InChI=1S/C17H18N4O3/c1-21(10-11-4-7-15(23-2)16(8-11)24-3)17(22)12-5-6-13-14(9-12)19-20-18-13/h4-9H,10H2,1-3H3,(H,18,19,20). The number of benzene rings is 2. The highest BCUT2D eigenvalue weighted by atomic mass is 16.5. The molecule has 1 heterocycles. The number of methoxy groups -OCH3 is 2. The minimum Gasteiger partial charge on any atom is -0.493 e. The second kappa shape index (κ2) is 6.57. The Morgan fingerprint density at radius 3 is 2.54 bits per heavy atom. The monoisotopic (exact) mass is 326 g/mol. The van der Waals surface area contributed by atoms with Gasteiger partial charge in [-0.3, -0.25) is 4.79 Å². The van der Waals surface area contributed by atoms with E-state index in [1.54, 1.807) is 44.4 Å². The van der Waals surface area contributed by atoms with E-state index < -0.39 is 0 Å². The fourth-order valence-electron chi connectivity index (χ4n) is 2.52. The number of carbonyl (C=O) groups is 1. The number of aromatic amines is 1. The summed E-state index contributed by atoms with van der Waals surface area (Å²) < 4.78 is 10.5. The molecule has 1 N–H and O–H groups in total. The predicted molar refractivity (Wildman–Crippen MR) is 89.2 cm³/mol. The normalized spacial score (nSPS) is 10.6. The number of ether oxygens (including phenoxy) is 2. The summed E-state index contributed by atoms with van der Waals surface area (Å²) in [5.41, 5.74) is 2.92. The van der Waals surface area contributed by atoms with Crippen molar-refractivity contribution in [3.8, 4) is 11.5 Å². The van der Waals surface area contributed by atoms with Crippen molar-refractivity contribution in [1.29, 1.82) is 0 Å². The van der Waals surface area contributed by atoms with E-state index in [1.165, 1.54) is 0 Å². The maximum atomic E-state index is 12.6. The molecule has 0 aliphatic heterocycles. The highest BCUT2D eigenvalue weighted by molar-refractivity contribution is 5.97. The van der Waals surface area contributed by atoms with Crippen LogP contribution in [0.5, 0.6) is 11.5 Å². The van der Waals surface area contributed by atoms with Crippen molar-refractivity contribution in [2.45, 2.75) is 6.54 Å². The molecular formula is C17H18N4O3. The molecular weight excluding hydrogens is 308 g/mol. The molecule has 0 aliphatic rings. The number of nitrogens with one attached hydrogen (secondary N) is 1. The first-order valence-corrected chi connectivity index (χ1v) is 7.39. The Bertz CT molecular complexity index is 875. The third kappa shape index (κ3) is 3.01. The Morgan fingerprint density at radius 1 is 1.04 bits per heavy atom. The summed E-state index contributed by atoms with van der Waals surface area (Å²) in [6.45, 7) is 0.454. The average molecular weight is 326 g/mol. The quantitative estimate of drug-likeness (QED) is 0.778. The number of carbonyl (C=O) groups excluding carboxylic acids is 1. The minimum atomic E-state index is -0.0883. The van der Waals surface area contributed by atoms with Gasteiger partial charge in [-0.2, -0.15) is 15.4 Å². The molecule has 1 amide bonds. The highest BCUT2D eigenvalue weighted by Crippen LogP contribution is 2.28. The number of hydrogen-bond acceptors (Lipinski definition) is 5. The van der Waals surface area contributed by atoms with Gasteiger partial charge in [0.15, 0.2) is 11.5 Å². The smallest absolute Gasteiger partial charge is 0.253 e. The van der Waals surface area contributed by atoms with Crippen LogP contribution in [0.4, 0.5) is 0 Å². The Labute approximate surface area is 139 Å². The molecule has 24 heavy (non-hydrogen) atoms. The maximum Gasteiger partial charge on any atom is 0.253 e. The topological polar surface area (TPSA) is 80.3 Å². The van der Waals surface area contributed by atoms with Gasteiger partial charge in [0.1, 0.15) is 11.0 Å². The molecule has 0 atom stereocenters. The average Bonchev–Trinajstić information content (AvgIpc) is 3.08. The van der Waals surface area contributed by atoms with Gasteiger partial charge in [-0.1, -0.05) is 6.07 Å². The molecule has 3 rings (SSSR count). The van der Waals surface area contributed by atoms with Gasteiger partial charge in [0.2, 0.25) is 0 Å². The van der Waals surface area contributed by atoms with Gasteiger partial charge in [-0.15, -0.1) is 0 Å². The molecule has 0 aliphatic carbocycles. The Morgan fingerprint density at radius 2 is 1.79 bits per heavy atom. The molecule has 0 saturated carbocycles. The number of hydrogen-bond donors (Lipinski definition) is 1. The lowest BCUT2D eigenvalue weighted by Crippen LogP contribution is -2.26. The van der Waals surface area contributed by atoms with Crippen molar-refractivity contribution >= 4 is 16.9 Å². The van der Waals surface area contributed by atoms with E-state index in [0.717, 1.165) is 11.1 Å². The zero-order valence-electron chi connectivity index (χ0n) is 13.7. The van der Waals surface area contributed by atoms with E-state index in [9.17, 15) is 4.79 Å². The molecule has 3 aromatic rings. The van der Waals surface area contributed by atoms with Gasteiger partial charge in [0.05, 0.1) is 14.2 Å². The second-order valence-electron chi connectivity index (χ2n) is 5.38. The Kier molecular flexibility index (Phi) is 4.33. The van der Waals surface area contributed by atoms with E-state index in [0.29, 0.717) is 29.1 Å². The highest BCUT2D eigenvalue weighted by Gasteiger charge is 2.14. The first-order valence-electron chi connectivity index (χ1n) is 7.39. The summed E-state index contributed by atoms with van der Waals surface area (Å²) in [6, 6.07) is 10.9. The molecule has 7 heteroatoms. The van der Waals surface area contributed by atoms with Gasteiger partial charge in [0, 0.05) is 19.2 Å². The SMILES string of the molecule is COc1ccc(CN(C)C(=O)c2ccc3n[nH]nc3c2)cc1OC. The van der Waals surface area contributed by atoms with Crippen LogP contribution in [0.3, 0.4) is 0 Å². The summed E-state index contributed by atoms with van der Waals surface area (Å²) in [4.78, 5) is 14.2. The summed E-state index contributed by atoms with van der Waals surface area (Å²) in [6.07, 6.45) is 0. The lowest BCUT2D eigenvalue weighted by atomic mass is 10.1. The fraction of sp³-hybridized carbons (Fsp3) is 0.235. The van der Waals surface area contributed by atoms with Crippen LogP contribution in [0.1, 0.15) is 15.9 Å². The summed E-state index contributed by atoms with van der Waals surface area (Å²) in [7, 11) is 4.93. The van der Waals surface area contributed by atoms with Crippen LogP contribution in [0.25, 0.3) is 11.0 Å². The number of H-pyrrole nitrogens is 1. The first kappa shape index (κ1) is 15.8. The summed E-state index contributed by atoms with van der Waals surface area (Å²) in [5.74, 6) is 1.21. The van der Waals surface area contributed by atoms with Crippen LogP contribution < -0.4 is 9.47 Å². The number of aromatic nitrogens is 3. The number of amides is 1. The zero-order valence-corrected chi connectivity index (χ0v) is 13.7. The van der Waals surface area contributed by atoms with Crippen LogP contribution in [0.2, 0.25) is 0 Å². The molecule has 0 bridgehead atoms. The fourth-order valence-corrected chi connectivity index (χ4v) is 2.52. The van der Waals surface area contributed by atoms with Crippen LogP contribution in [-0.2, 0) is 6.54 Å². The lowest BCUT2D eigenvalue weighted by Gasteiger charge is -2.18. The minimum absolute atomic E-state index is 0.0883. The van der Waals surface area contributed by atoms with E-state index in [4.69, 9.17) is 9.47 Å². The molecule has 0 fully saturated rings. The molecule has 0 spiro atoms. The van der Waals surface area contributed by atoms with Gasteiger partial charge in [-0.25, -0.2) is 0 Å². The molecule has 1 aromatic heterocycles. The van der Waals surface area contributed by atoms with Gasteiger partial charge >= 0.3 is 0 Å². The van der Waals surface area contributed by atoms with Crippen molar-refractivity contribution in [3.05, 3.63) is 47.5 Å². The maximum absolute atomic E-state index is 12.6. The van der Waals surface area contributed by atoms with E-state index in [1.807, 2.05) is 18.2 Å². The number of fused-ring (bicyclic) bond motifs is 1. The molecule has 0 saturated heterocycles. The third-order valence-electron chi connectivity index (χ3n) is 3.78. The van der Waals surface area contributed by atoms with Gasteiger partial charge in [-0.05, 0) is 35.9 Å². The largest absolute Gasteiger partial charge is 0.493 e. The van der Waals surface area contributed by atoms with Gasteiger partial charge in [0.25, 0.3) is 5.91 Å². The first-order chi connectivity index (χ1) is 11.6. The second-order valence-corrected chi connectivity index (χ2v) is 5.38. The zero-order chi connectivity index (χ0) is 17.1. The van der Waals surface area contributed by atoms with Crippen molar-refractivity contribution < 1.29 is 14.3 Å². The lowest BCUT2D eigenvalue weighted by molar-refractivity contribution is 0.0785. The molecule has 7 nitrogen and oxygen atoms in total. The van der Waals surface area contributed by atoms with E-state index in [2.05, 4.69) is 15.4 Å². The summed E-state index contributed by atoms with van der Waals surface area (Å²) >= 11 is 0. The number of rotatable bonds is 5. The molecule has 124 valence electrons. The van der Waals surface area contributed by atoms with Crippen LogP contribution in [0.15, 0.2) is 36.4 Å². The van der Waals surface area contributed by atoms with Crippen LogP contribution in [-0.4, -0.2) is 47.5 Å². The summed E-state index contributed by atoms with van der Waals surface area (Å²) in [5, 5.41) is 10.5. The van der Waals surface area contributed by atoms with Crippen molar-refractivity contribution in [2.75, 3.05) is 21.3 Å². The van der Waals surface area contributed by atoms with Crippen LogP contribution >= 0.6 is 0 Å². The van der Waals surface area contributed by atoms with Gasteiger partial charge < -0.3 is 14.4 Å². The van der Waals surface area contributed by atoms with Crippen molar-refractivity contribution in [2.24, 2.45) is 0 Å². The molecule has 0 radical (unpaired) electrons. The van der Waals surface area contributed by atoms with E-state index >= 15 is 0 Å². The third-order valence-corrected chi connectivity index (χ3v) is 3.78. The van der Waals surface area contributed by atoms with Crippen molar-refractivity contribution in [1.82, 2.24) is 20.3 Å². The van der Waals surface area contributed by atoms with E-state index in [-0.39, 0.29) is 5.91 Å². The molecule has 0 unspecified atom stereocenters. The predicted octanol–water partition coefficient (Wildman–Crippen LogP) is 2.25. The molecule has 2 aromatic carbocycles. The Balaban J connectivity index is 1.78. The number of nitrogens with zero attached hydrogens (tertiary/aromatic N) is 3. The van der Waals surface area contributed by atoms with Crippen molar-refractivity contribution in [3.63, 3.8) is 0 Å².